The van der Waals surface area contributed by atoms with E-state index in [9.17, 15) is 19.2 Å². The van der Waals surface area contributed by atoms with E-state index in [0.29, 0.717) is 31.5 Å². The minimum absolute atomic E-state index is 0.0550. The number of Topliss-reactive ketones (excluding diaryl/α,β-unsaturated/α-hetero) is 1. The number of aromatic nitrogens is 1. The first-order valence-corrected chi connectivity index (χ1v) is 14.2. The number of carbonyl (C=O) groups excluding carboxylic acids is 4. The Morgan fingerprint density at radius 2 is 1.83 bits per heavy atom. The molecule has 0 fully saturated rings. The number of nitrogens with two attached hydrogens (primary N) is 2. The normalized spacial score (nSPS) is 15.3. The fraction of sp³-hybridized carbons (Fsp3) is 0.310. The van der Waals surface area contributed by atoms with Gasteiger partial charge in [0.15, 0.2) is 11.0 Å². The van der Waals surface area contributed by atoms with Gasteiger partial charge in [-0.3, -0.25) is 24.2 Å². The predicted molar refractivity (Wildman–Crippen MR) is 157 cm³/mol. The number of carbonyl (C=O) groups is 4. The van der Waals surface area contributed by atoms with Crippen molar-refractivity contribution in [3.63, 3.8) is 0 Å². The van der Waals surface area contributed by atoms with Crippen LogP contribution in [0.1, 0.15) is 40.2 Å². The quantitative estimate of drug-likeness (QED) is 0.110. The van der Waals surface area contributed by atoms with E-state index in [1.807, 2.05) is 42.5 Å². The third-order valence-corrected chi connectivity index (χ3v) is 7.42. The van der Waals surface area contributed by atoms with Gasteiger partial charge in [-0.25, -0.2) is 4.98 Å². The summed E-state index contributed by atoms with van der Waals surface area (Å²) in [5, 5.41) is 7.60. The van der Waals surface area contributed by atoms with Crippen molar-refractivity contribution in [3.05, 3.63) is 82.3 Å². The highest BCUT2D eigenvalue weighted by molar-refractivity contribution is 7.11. The number of nitrogens with one attached hydrogen (secondary N) is 2. The van der Waals surface area contributed by atoms with Crippen LogP contribution in [-0.4, -0.2) is 59.6 Å². The van der Waals surface area contributed by atoms with E-state index in [0.717, 1.165) is 11.1 Å². The number of benzene rings is 2. The lowest BCUT2D eigenvalue weighted by Gasteiger charge is -2.27. The van der Waals surface area contributed by atoms with E-state index in [2.05, 4.69) is 20.6 Å². The summed E-state index contributed by atoms with van der Waals surface area (Å²) in [4.78, 5) is 62.4. The van der Waals surface area contributed by atoms with Gasteiger partial charge >= 0.3 is 0 Å². The van der Waals surface area contributed by atoms with Crippen LogP contribution < -0.4 is 27.0 Å². The summed E-state index contributed by atoms with van der Waals surface area (Å²) in [5.41, 5.74) is 13.1. The summed E-state index contributed by atoms with van der Waals surface area (Å²) in [6.45, 7) is -0.0291. The smallest absolute Gasteiger partial charge is 0.250 e. The Hall–Kier alpha value is -4.58. The molecule has 6 N–H and O–H groups in total. The number of rotatable bonds is 12. The number of aryl methyl sites for hydroxylation is 1. The Morgan fingerprint density at radius 3 is 2.56 bits per heavy atom. The van der Waals surface area contributed by atoms with E-state index in [4.69, 9.17) is 11.5 Å². The number of nitrogens with zero attached hydrogens (tertiary/aromatic N) is 3. The van der Waals surface area contributed by atoms with Gasteiger partial charge < -0.3 is 27.0 Å². The zero-order chi connectivity index (χ0) is 29.2. The van der Waals surface area contributed by atoms with Crippen LogP contribution in [0.15, 0.2) is 71.2 Å². The molecule has 3 aromatic rings. The van der Waals surface area contributed by atoms with Crippen LogP contribution in [0, 0.1) is 0 Å². The molecule has 0 saturated carbocycles. The van der Waals surface area contributed by atoms with Gasteiger partial charge in [0.25, 0.3) is 0 Å². The van der Waals surface area contributed by atoms with Gasteiger partial charge in [-0.15, -0.1) is 11.3 Å². The second kappa shape index (κ2) is 14.2. The summed E-state index contributed by atoms with van der Waals surface area (Å²) in [6, 6.07) is 14.9. The maximum absolute atomic E-state index is 13.7. The molecule has 1 aromatic heterocycles. The standard InChI is InChI=1S/C29H33N7O4S/c30-29(31)33-14-6-10-21(26(39)27-32-15-16-41-27)34-25(38)18-36-23-11-5-4-9-20(23)12-13-22(28(36)40)35-24(37)17-19-7-2-1-3-8-19/h1-5,7-9,11,15-16,21-22H,6,10,12-14,17-18H2,(H,34,38)(H,35,37)(H4,30,31,33)/t21-,22?/m1/s1. The third-order valence-electron chi connectivity index (χ3n) is 6.63. The second-order valence-electron chi connectivity index (χ2n) is 9.64. The average molecular weight is 576 g/mol. The molecule has 1 aliphatic heterocycles. The van der Waals surface area contributed by atoms with Gasteiger partial charge in [-0.2, -0.15) is 0 Å². The fourth-order valence-corrected chi connectivity index (χ4v) is 5.32. The zero-order valence-electron chi connectivity index (χ0n) is 22.5. The molecule has 41 heavy (non-hydrogen) atoms. The molecule has 0 radical (unpaired) electrons. The first-order chi connectivity index (χ1) is 19.8. The molecule has 0 aliphatic carbocycles. The average Bonchev–Trinajstić information content (AvgIpc) is 3.47. The zero-order valence-corrected chi connectivity index (χ0v) is 23.3. The number of fused-ring (bicyclic) bond motifs is 1. The summed E-state index contributed by atoms with van der Waals surface area (Å²) >= 11 is 1.18. The van der Waals surface area contributed by atoms with Crippen molar-refractivity contribution in [2.75, 3.05) is 18.0 Å². The van der Waals surface area contributed by atoms with Crippen molar-refractivity contribution in [3.8, 4) is 0 Å². The van der Waals surface area contributed by atoms with Gasteiger partial charge in [-0.05, 0) is 42.9 Å². The summed E-state index contributed by atoms with van der Waals surface area (Å²) < 4.78 is 0. The maximum atomic E-state index is 13.7. The van der Waals surface area contributed by atoms with Crippen molar-refractivity contribution in [1.82, 2.24) is 15.6 Å². The third kappa shape index (κ3) is 8.21. The summed E-state index contributed by atoms with van der Waals surface area (Å²) in [5.74, 6) is -1.56. The monoisotopic (exact) mass is 575 g/mol. The lowest BCUT2D eigenvalue weighted by atomic mass is 10.1. The minimum Gasteiger partial charge on any atom is -0.370 e. The molecule has 1 unspecified atom stereocenters. The number of guanidine groups is 1. The van der Waals surface area contributed by atoms with Crippen LogP contribution in [0.5, 0.6) is 0 Å². The molecule has 1 aliphatic rings. The Bertz CT molecular complexity index is 1390. The van der Waals surface area contributed by atoms with E-state index in [-0.39, 0.29) is 48.0 Å². The molecular formula is C29H33N7O4S. The van der Waals surface area contributed by atoms with E-state index >= 15 is 0 Å². The van der Waals surface area contributed by atoms with E-state index in [1.54, 1.807) is 17.5 Å². The molecule has 0 bridgehead atoms. The second-order valence-corrected chi connectivity index (χ2v) is 10.5. The Kier molecular flexibility index (Phi) is 10.2. The van der Waals surface area contributed by atoms with Gasteiger partial charge in [0, 0.05) is 23.8 Å². The van der Waals surface area contributed by atoms with Crippen LogP contribution in [0.2, 0.25) is 0 Å². The first kappa shape index (κ1) is 29.4. The van der Waals surface area contributed by atoms with Crippen molar-refractivity contribution in [2.24, 2.45) is 16.5 Å². The number of hydrogen-bond donors (Lipinski definition) is 4. The number of aliphatic imine (C=N–C) groups is 1. The largest absolute Gasteiger partial charge is 0.370 e. The molecule has 2 atom stereocenters. The van der Waals surface area contributed by atoms with E-state index < -0.39 is 18.0 Å². The van der Waals surface area contributed by atoms with E-state index in [1.165, 1.54) is 22.4 Å². The molecule has 4 rings (SSSR count). The predicted octanol–water partition coefficient (Wildman–Crippen LogP) is 1.57. The molecule has 3 amide bonds. The minimum atomic E-state index is -0.874. The van der Waals surface area contributed by atoms with Crippen LogP contribution in [0.25, 0.3) is 0 Å². The molecule has 11 nitrogen and oxygen atoms in total. The SMILES string of the molecule is NC(N)=NCCC[C@@H](NC(=O)CN1C(=O)C(NC(=O)Cc2ccccc2)CCc2ccccc21)C(=O)c1nccs1. The number of para-hydroxylation sites is 1. The molecule has 12 heteroatoms. The molecule has 0 saturated heterocycles. The summed E-state index contributed by atoms with van der Waals surface area (Å²) in [6.07, 6.45) is 3.33. The number of ketones is 1. The lowest BCUT2D eigenvalue weighted by molar-refractivity contribution is -0.128. The lowest BCUT2D eigenvalue weighted by Crippen LogP contribution is -2.52. The number of hydrogen-bond acceptors (Lipinski definition) is 7. The highest BCUT2D eigenvalue weighted by Crippen LogP contribution is 2.27. The summed E-state index contributed by atoms with van der Waals surface area (Å²) in [7, 11) is 0. The van der Waals surface area contributed by atoms with Crippen molar-refractivity contribution < 1.29 is 19.2 Å². The topological polar surface area (TPSA) is 173 Å². The van der Waals surface area contributed by atoms with Crippen LogP contribution in [-0.2, 0) is 27.2 Å². The Balaban J connectivity index is 1.49. The number of anilines is 1. The number of amides is 3. The van der Waals surface area contributed by atoms with Gasteiger partial charge in [-0.1, -0.05) is 48.5 Å². The molecule has 2 heterocycles. The van der Waals surface area contributed by atoms with Crippen molar-refractivity contribution >= 4 is 46.5 Å². The highest BCUT2D eigenvalue weighted by Gasteiger charge is 2.33. The molecule has 2 aromatic carbocycles. The molecular weight excluding hydrogens is 542 g/mol. The maximum Gasteiger partial charge on any atom is 0.250 e. The van der Waals surface area contributed by atoms with Gasteiger partial charge in [0.1, 0.15) is 12.6 Å². The molecule has 0 spiro atoms. The first-order valence-electron chi connectivity index (χ1n) is 13.3. The van der Waals surface area contributed by atoms with Gasteiger partial charge in [0.2, 0.25) is 23.5 Å². The Morgan fingerprint density at radius 1 is 1.07 bits per heavy atom. The van der Waals surface area contributed by atoms with Crippen LogP contribution >= 0.6 is 11.3 Å². The van der Waals surface area contributed by atoms with Crippen LogP contribution in [0.3, 0.4) is 0 Å². The van der Waals surface area contributed by atoms with Crippen LogP contribution in [0.4, 0.5) is 5.69 Å². The van der Waals surface area contributed by atoms with Crippen molar-refractivity contribution in [2.45, 2.75) is 44.2 Å². The highest BCUT2D eigenvalue weighted by atomic mass is 32.1. The van der Waals surface area contributed by atoms with Gasteiger partial charge in [0.05, 0.1) is 12.5 Å². The number of thiazole rings is 1. The van der Waals surface area contributed by atoms with Crippen molar-refractivity contribution in [1.29, 1.82) is 0 Å². The Labute approximate surface area is 242 Å². The molecule has 214 valence electrons. The fourth-order valence-electron chi connectivity index (χ4n) is 4.69.